The second kappa shape index (κ2) is 7.87. The van der Waals surface area contributed by atoms with E-state index in [2.05, 4.69) is 91.0 Å². The monoisotopic (exact) mass is 317 g/mol. The highest BCUT2D eigenvalue weighted by Crippen LogP contribution is 2.34. The molecule has 3 rings (SSSR count). The first kappa shape index (κ1) is 15.7. The van der Waals surface area contributed by atoms with E-state index in [1.165, 1.54) is 21.5 Å². The minimum atomic E-state index is -0.575. The normalized spacial score (nSPS) is 11.2. The number of hydrogen-bond acceptors (Lipinski definition) is 1. The van der Waals surface area contributed by atoms with Gasteiger partial charge in [-0.3, -0.25) is 0 Å². The minimum Gasteiger partial charge on any atom is -0.327 e. The van der Waals surface area contributed by atoms with Gasteiger partial charge in [0.1, 0.15) is 0 Å². The Morgan fingerprint density at radius 1 is 0.696 bits per heavy atom. The summed E-state index contributed by atoms with van der Waals surface area (Å²) in [6, 6.07) is 30.1. The van der Waals surface area contributed by atoms with Crippen LogP contribution in [0.1, 0.15) is 5.56 Å². The lowest BCUT2D eigenvalue weighted by atomic mass is 10.2. The zero-order valence-corrected chi connectivity index (χ0v) is 13.9. The molecule has 0 aliphatic carbocycles. The van der Waals surface area contributed by atoms with Crippen molar-refractivity contribution in [3.05, 3.63) is 96.6 Å². The molecule has 0 unspecified atom stereocenters. The Balaban J connectivity index is 2.16. The summed E-state index contributed by atoms with van der Waals surface area (Å²) in [7, 11) is -0.575. The zero-order valence-electron chi connectivity index (χ0n) is 13.0. The molecule has 0 bridgehead atoms. The van der Waals surface area contributed by atoms with Crippen molar-refractivity contribution in [3.8, 4) is 0 Å². The molecule has 0 spiro atoms. The summed E-state index contributed by atoms with van der Waals surface area (Å²) in [4.78, 5) is 0. The molecule has 0 aliphatic rings. The van der Waals surface area contributed by atoms with Crippen molar-refractivity contribution in [1.82, 2.24) is 0 Å². The highest BCUT2D eigenvalue weighted by Gasteiger charge is 2.17. The highest BCUT2D eigenvalue weighted by molar-refractivity contribution is 7.80. The molecule has 0 amide bonds. The first-order valence-electron chi connectivity index (χ1n) is 7.76. The second-order valence-electron chi connectivity index (χ2n) is 5.20. The quantitative estimate of drug-likeness (QED) is 0.717. The molecule has 2 N–H and O–H groups in total. The summed E-state index contributed by atoms with van der Waals surface area (Å²) in [5.41, 5.74) is 6.89. The third kappa shape index (κ3) is 3.76. The Morgan fingerprint density at radius 3 is 1.78 bits per heavy atom. The maximum Gasteiger partial charge on any atom is 0.0110 e. The molecule has 0 atom stereocenters. The Morgan fingerprint density at radius 2 is 1.22 bits per heavy atom. The summed E-state index contributed by atoms with van der Waals surface area (Å²) < 4.78 is 0. The van der Waals surface area contributed by atoms with E-state index in [1.54, 1.807) is 0 Å². The third-order valence-corrected chi connectivity index (χ3v) is 6.16. The molecule has 0 fully saturated rings. The van der Waals surface area contributed by atoms with Gasteiger partial charge in [-0.15, -0.1) is 0 Å². The van der Waals surface area contributed by atoms with Crippen molar-refractivity contribution in [1.29, 1.82) is 0 Å². The van der Waals surface area contributed by atoms with Crippen molar-refractivity contribution < 1.29 is 0 Å². The van der Waals surface area contributed by atoms with E-state index in [9.17, 15) is 0 Å². The van der Waals surface area contributed by atoms with Gasteiger partial charge in [0.25, 0.3) is 0 Å². The van der Waals surface area contributed by atoms with Crippen LogP contribution in [-0.2, 0) is 0 Å². The van der Waals surface area contributed by atoms with E-state index < -0.39 is 7.92 Å². The fraction of sp³-hybridized carbons (Fsp3) is 0.0476. The summed E-state index contributed by atoms with van der Waals surface area (Å²) >= 11 is 0. The van der Waals surface area contributed by atoms with E-state index in [0.29, 0.717) is 6.54 Å². The van der Waals surface area contributed by atoms with Crippen LogP contribution in [-0.4, -0.2) is 6.54 Å². The summed E-state index contributed by atoms with van der Waals surface area (Å²) in [5.74, 6) is 0. The Kier molecular flexibility index (Phi) is 5.37. The van der Waals surface area contributed by atoms with Crippen LogP contribution in [0.3, 0.4) is 0 Å². The predicted octanol–water partition coefficient (Wildman–Crippen LogP) is 3.42. The van der Waals surface area contributed by atoms with Crippen LogP contribution in [0, 0.1) is 0 Å². The Labute approximate surface area is 139 Å². The van der Waals surface area contributed by atoms with E-state index in [-0.39, 0.29) is 0 Å². The molecule has 0 saturated heterocycles. The molecule has 0 saturated carbocycles. The van der Waals surface area contributed by atoms with Crippen molar-refractivity contribution in [2.24, 2.45) is 5.73 Å². The first-order valence-corrected chi connectivity index (χ1v) is 9.10. The van der Waals surface area contributed by atoms with Gasteiger partial charge in [-0.25, -0.2) is 0 Å². The smallest absolute Gasteiger partial charge is 0.0110 e. The van der Waals surface area contributed by atoms with Crippen molar-refractivity contribution in [2.75, 3.05) is 6.54 Å². The molecule has 23 heavy (non-hydrogen) atoms. The van der Waals surface area contributed by atoms with Gasteiger partial charge >= 0.3 is 0 Å². The molecule has 3 aromatic carbocycles. The van der Waals surface area contributed by atoms with Crippen molar-refractivity contribution in [3.63, 3.8) is 0 Å². The minimum absolute atomic E-state index is 0.558. The van der Waals surface area contributed by atoms with Crippen LogP contribution >= 0.6 is 7.92 Å². The predicted molar refractivity (Wildman–Crippen MR) is 103 cm³/mol. The molecule has 0 radical (unpaired) electrons. The lowest BCUT2D eigenvalue weighted by Crippen LogP contribution is -2.22. The Hall–Kier alpha value is -2.21. The van der Waals surface area contributed by atoms with Gasteiger partial charge in [-0.05, 0) is 29.4 Å². The lowest BCUT2D eigenvalue weighted by Gasteiger charge is -2.21. The van der Waals surface area contributed by atoms with Crippen LogP contribution in [0.15, 0.2) is 91.0 Å². The van der Waals surface area contributed by atoms with Gasteiger partial charge < -0.3 is 5.73 Å². The summed E-state index contributed by atoms with van der Waals surface area (Å²) in [5, 5.41) is 4.09. The molecule has 1 nitrogen and oxygen atoms in total. The van der Waals surface area contributed by atoms with E-state index in [0.717, 1.165) is 0 Å². The van der Waals surface area contributed by atoms with E-state index >= 15 is 0 Å². The SMILES string of the molecule is NCC=Cc1ccccc1P(c1ccccc1)c1ccccc1. The molecule has 114 valence electrons. The van der Waals surface area contributed by atoms with Gasteiger partial charge in [-0.2, -0.15) is 0 Å². The van der Waals surface area contributed by atoms with Gasteiger partial charge in [0, 0.05) is 6.54 Å². The fourth-order valence-corrected chi connectivity index (χ4v) is 5.05. The molecule has 2 heteroatoms. The number of hydrogen-bond donors (Lipinski definition) is 1. The molecule has 3 aromatic rings. The van der Waals surface area contributed by atoms with Crippen LogP contribution < -0.4 is 21.6 Å². The Bertz CT molecular complexity index is 727. The molecular weight excluding hydrogens is 297 g/mol. The maximum absolute atomic E-state index is 5.64. The van der Waals surface area contributed by atoms with Gasteiger partial charge in [-0.1, -0.05) is 97.1 Å². The topological polar surface area (TPSA) is 26.0 Å². The van der Waals surface area contributed by atoms with Crippen LogP contribution in [0.5, 0.6) is 0 Å². The largest absolute Gasteiger partial charge is 0.327 e. The van der Waals surface area contributed by atoms with Gasteiger partial charge in [0.05, 0.1) is 0 Å². The number of benzene rings is 3. The van der Waals surface area contributed by atoms with E-state index in [4.69, 9.17) is 5.73 Å². The average Bonchev–Trinajstić information content (AvgIpc) is 2.63. The van der Waals surface area contributed by atoms with Crippen molar-refractivity contribution in [2.45, 2.75) is 0 Å². The first-order chi connectivity index (χ1) is 11.4. The molecular formula is C21H20NP. The highest BCUT2D eigenvalue weighted by atomic mass is 31.1. The third-order valence-electron chi connectivity index (χ3n) is 3.64. The van der Waals surface area contributed by atoms with Crippen LogP contribution in [0.25, 0.3) is 6.08 Å². The maximum atomic E-state index is 5.64. The van der Waals surface area contributed by atoms with Gasteiger partial charge in [0.15, 0.2) is 0 Å². The van der Waals surface area contributed by atoms with Crippen molar-refractivity contribution >= 4 is 29.9 Å². The summed E-state index contributed by atoms with van der Waals surface area (Å²) in [6.45, 7) is 0.558. The molecule has 0 aromatic heterocycles. The number of nitrogens with two attached hydrogens (primary N) is 1. The standard InChI is InChI=1S/C21H20NP/c22-17-9-11-18-10-7-8-16-21(18)23(19-12-3-1-4-13-19)20-14-5-2-6-15-20/h1-16H,17,22H2. The second-order valence-corrected chi connectivity index (χ2v) is 7.39. The lowest BCUT2D eigenvalue weighted by molar-refractivity contribution is 1.26. The molecule has 0 heterocycles. The fourth-order valence-electron chi connectivity index (χ4n) is 2.61. The average molecular weight is 317 g/mol. The number of rotatable bonds is 5. The van der Waals surface area contributed by atoms with Crippen LogP contribution in [0.4, 0.5) is 0 Å². The summed E-state index contributed by atoms with van der Waals surface area (Å²) in [6.07, 6.45) is 4.15. The molecule has 0 aliphatic heterocycles. The zero-order chi connectivity index (χ0) is 15.9. The van der Waals surface area contributed by atoms with Crippen LogP contribution in [0.2, 0.25) is 0 Å². The van der Waals surface area contributed by atoms with E-state index in [1.807, 2.05) is 6.08 Å². The van der Waals surface area contributed by atoms with Gasteiger partial charge in [0.2, 0.25) is 0 Å².